The third-order valence-electron chi connectivity index (χ3n) is 11.2. The number of phosphoric ester groups is 1. The monoisotopic (exact) mass is 879 g/mol. The van der Waals surface area contributed by atoms with Crippen molar-refractivity contribution < 1.29 is 32.9 Å². The molecule has 0 aromatic rings. The molecular weight excluding hydrogens is 780 g/mol. The van der Waals surface area contributed by atoms with Crippen LogP contribution in [-0.2, 0) is 18.4 Å². The molecule has 1 amide bonds. The Hall–Kier alpha value is -1.54. The number of likely N-dealkylation sites (N-methyl/N-ethyl adjacent to an activating group) is 1. The second-order valence-electron chi connectivity index (χ2n) is 18.5. The quantitative estimate of drug-likeness (QED) is 0.0273. The Labute approximate surface area is 378 Å². The minimum atomic E-state index is -4.60. The van der Waals surface area contributed by atoms with E-state index in [0.29, 0.717) is 17.4 Å². The SMILES string of the molecule is CCCC/C=C\CCCCCCCC(=O)NC(COP(=O)([O-])OCC[N+](C)(C)C)C(O)/C=C/CC/C=C/CC/C=C/CCCCCCCCCCCCCCCCCCCC. The van der Waals surface area contributed by atoms with Gasteiger partial charge in [0.15, 0.2) is 0 Å². The first-order chi connectivity index (χ1) is 29.5. The van der Waals surface area contributed by atoms with Crippen molar-refractivity contribution in [3.05, 3.63) is 48.6 Å². The van der Waals surface area contributed by atoms with Gasteiger partial charge in [0.2, 0.25) is 5.91 Å². The molecule has 0 spiro atoms. The van der Waals surface area contributed by atoms with Gasteiger partial charge in [-0.1, -0.05) is 204 Å². The minimum Gasteiger partial charge on any atom is -0.756 e. The number of aliphatic hydroxyl groups excluding tert-OH is 1. The standard InChI is InChI=1S/C52H99N2O6P/c1-6-8-10-12-14-16-18-19-20-21-22-23-24-25-26-27-28-29-30-31-32-33-34-36-37-39-41-43-45-51(55)50(49-60-61(57,58)59-48-47-54(3,4)5)53-52(56)46-44-42-40-38-35-17-15-13-11-9-7-2/h13,15,31-32,36-37,43,45,50-51,55H,6-12,14,16-30,33-35,38-42,44,46-49H2,1-5H3,(H-,53,56,57,58)/b15-13-,32-31+,37-36+,45-43+. The molecule has 0 fully saturated rings. The van der Waals surface area contributed by atoms with Gasteiger partial charge < -0.3 is 28.8 Å². The summed E-state index contributed by atoms with van der Waals surface area (Å²) in [7, 11) is 1.23. The molecule has 0 heterocycles. The first-order valence-corrected chi connectivity index (χ1v) is 27.0. The van der Waals surface area contributed by atoms with Crippen molar-refractivity contribution in [3.8, 4) is 0 Å². The van der Waals surface area contributed by atoms with Crippen LogP contribution in [0.2, 0.25) is 0 Å². The van der Waals surface area contributed by atoms with Crippen LogP contribution in [0, 0.1) is 0 Å². The number of hydrogen-bond acceptors (Lipinski definition) is 6. The van der Waals surface area contributed by atoms with Gasteiger partial charge in [-0.25, -0.2) is 0 Å². The summed E-state index contributed by atoms with van der Waals surface area (Å²) >= 11 is 0. The lowest BCUT2D eigenvalue weighted by molar-refractivity contribution is -0.870. The van der Waals surface area contributed by atoms with Crippen LogP contribution in [0.25, 0.3) is 0 Å². The van der Waals surface area contributed by atoms with E-state index < -0.39 is 26.6 Å². The van der Waals surface area contributed by atoms with Gasteiger partial charge in [0.25, 0.3) is 7.82 Å². The molecule has 0 bridgehead atoms. The molecule has 0 radical (unpaired) electrons. The predicted molar refractivity (Wildman–Crippen MR) is 261 cm³/mol. The van der Waals surface area contributed by atoms with Crippen molar-refractivity contribution in [1.29, 1.82) is 0 Å². The molecule has 0 aliphatic rings. The molecule has 3 atom stereocenters. The highest BCUT2D eigenvalue weighted by Gasteiger charge is 2.23. The Morgan fingerprint density at radius 1 is 0.557 bits per heavy atom. The van der Waals surface area contributed by atoms with Crippen molar-refractivity contribution in [2.45, 2.75) is 238 Å². The third kappa shape index (κ3) is 46.3. The van der Waals surface area contributed by atoms with E-state index in [1.54, 1.807) is 6.08 Å². The van der Waals surface area contributed by atoms with Gasteiger partial charge in [0.05, 0.1) is 39.9 Å². The summed E-state index contributed by atoms with van der Waals surface area (Å²) < 4.78 is 23.2. The number of aliphatic hydroxyl groups is 1. The molecule has 0 aromatic heterocycles. The molecule has 0 saturated carbocycles. The van der Waals surface area contributed by atoms with Crippen LogP contribution in [0.3, 0.4) is 0 Å². The molecule has 358 valence electrons. The summed E-state index contributed by atoms with van der Waals surface area (Å²) in [4.78, 5) is 25.3. The van der Waals surface area contributed by atoms with E-state index in [1.165, 1.54) is 135 Å². The molecule has 0 rings (SSSR count). The molecule has 2 N–H and O–H groups in total. The van der Waals surface area contributed by atoms with E-state index in [9.17, 15) is 19.4 Å². The number of nitrogens with one attached hydrogen (secondary N) is 1. The van der Waals surface area contributed by atoms with Crippen LogP contribution in [0.1, 0.15) is 226 Å². The van der Waals surface area contributed by atoms with Crippen molar-refractivity contribution >= 4 is 13.7 Å². The summed E-state index contributed by atoms with van der Waals surface area (Å²) in [5.74, 6) is -0.223. The molecule has 3 unspecified atom stereocenters. The van der Waals surface area contributed by atoms with Gasteiger partial charge in [-0.2, -0.15) is 0 Å². The third-order valence-corrected chi connectivity index (χ3v) is 12.2. The highest BCUT2D eigenvalue weighted by molar-refractivity contribution is 7.45. The Balaban J connectivity index is 4.25. The smallest absolute Gasteiger partial charge is 0.268 e. The molecule has 9 heteroatoms. The van der Waals surface area contributed by atoms with Gasteiger partial charge >= 0.3 is 0 Å². The fourth-order valence-electron chi connectivity index (χ4n) is 7.17. The lowest BCUT2D eigenvalue weighted by Crippen LogP contribution is -2.45. The summed E-state index contributed by atoms with van der Waals surface area (Å²) in [6, 6.07) is -0.913. The topological polar surface area (TPSA) is 108 Å². The largest absolute Gasteiger partial charge is 0.756 e. The van der Waals surface area contributed by atoms with Crippen molar-refractivity contribution in [2.24, 2.45) is 0 Å². The van der Waals surface area contributed by atoms with E-state index >= 15 is 0 Å². The molecule has 0 aliphatic heterocycles. The van der Waals surface area contributed by atoms with Crippen LogP contribution in [0.15, 0.2) is 48.6 Å². The van der Waals surface area contributed by atoms with Crippen LogP contribution >= 0.6 is 7.82 Å². The number of unbranched alkanes of at least 4 members (excludes halogenated alkanes) is 27. The molecule has 8 nitrogen and oxygen atoms in total. The second-order valence-corrected chi connectivity index (χ2v) is 19.9. The van der Waals surface area contributed by atoms with Crippen molar-refractivity contribution in [1.82, 2.24) is 5.32 Å². The number of rotatable bonds is 46. The zero-order chi connectivity index (χ0) is 45.0. The number of allylic oxidation sites excluding steroid dienone is 7. The maximum atomic E-state index is 12.8. The normalized spacial score (nSPS) is 14.5. The summed E-state index contributed by atoms with van der Waals surface area (Å²) in [6.07, 6.45) is 56.3. The summed E-state index contributed by atoms with van der Waals surface area (Å²) in [6.45, 7) is 4.57. The molecule has 0 aliphatic carbocycles. The molecule has 0 saturated heterocycles. The maximum Gasteiger partial charge on any atom is 0.268 e. The number of carbonyl (C=O) groups is 1. The van der Waals surface area contributed by atoms with Crippen molar-refractivity contribution in [2.75, 3.05) is 40.9 Å². The maximum absolute atomic E-state index is 12.8. The van der Waals surface area contributed by atoms with E-state index in [-0.39, 0.29) is 12.5 Å². The Morgan fingerprint density at radius 3 is 1.38 bits per heavy atom. The molecule has 61 heavy (non-hydrogen) atoms. The van der Waals surface area contributed by atoms with Gasteiger partial charge in [-0.05, 0) is 64.2 Å². The number of quaternary nitrogens is 1. The van der Waals surface area contributed by atoms with E-state index in [2.05, 4.69) is 55.6 Å². The average molecular weight is 879 g/mol. The van der Waals surface area contributed by atoms with Crippen LogP contribution in [-0.4, -0.2) is 68.5 Å². The van der Waals surface area contributed by atoms with E-state index in [1.807, 2.05) is 27.2 Å². The predicted octanol–water partition coefficient (Wildman–Crippen LogP) is 14.2. The number of hydrogen-bond donors (Lipinski definition) is 2. The number of carbonyl (C=O) groups excluding carboxylic acids is 1. The zero-order valence-electron chi connectivity index (χ0n) is 40.6. The van der Waals surface area contributed by atoms with Gasteiger partial charge in [-0.15, -0.1) is 0 Å². The summed E-state index contributed by atoms with van der Waals surface area (Å²) in [5.41, 5.74) is 0. The first-order valence-electron chi connectivity index (χ1n) is 25.5. The van der Waals surface area contributed by atoms with Crippen LogP contribution in [0.5, 0.6) is 0 Å². The Morgan fingerprint density at radius 2 is 0.934 bits per heavy atom. The van der Waals surface area contributed by atoms with Gasteiger partial charge in [0, 0.05) is 6.42 Å². The van der Waals surface area contributed by atoms with Crippen LogP contribution < -0.4 is 10.2 Å². The fraction of sp³-hybridized carbons (Fsp3) is 0.827. The van der Waals surface area contributed by atoms with Gasteiger partial charge in [0.1, 0.15) is 13.2 Å². The highest BCUT2D eigenvalue weighted by Crippen LogP contribution is 2.38. The first kappa shape index (κ1) is 59.5. The minimum absolute atomic E-state index is 0.0116. The number of nitrogens with zero attached hydrogens (tertiary/aromatic N) is 1. The average Bonchev–Trinajstić information content (AvgIpc) is 3.21. The van der Waals surface area contributed by atoms with E-state index in [4.69, 9.17) is 9.05 Å². The number of phosphoric acid groups is 1. The Kier molecular flexibility index (Phi) is 42.6. The van der Waals surface area contributed by atoms with Gasteiger partial charge in [-0.3, -0.25) is 9.36 Å². The van der Waals surface area contributed by atoms with Crippen LogP contribution in [0.4, 0.5) is 0 Å². The molecule has 0 aromatic carbocycles. The van der Waals surface area contributed by atoms with Crippen molar-refractivity contribution in [3.63, 3.8) is 0 Å². The zero-order valence-corrected chi connectivity index (χ0v) is 41.5. The number of amides is 1. The van der Waals surface area contributed by atoms with E-state index in [0.717, 1.165) is 70.6 Å². The lowest BCUT2D eigenvalue weighted by atomic mass is 10.0. The summed E-state index contributed by atoms with van der Waals surface area (Å²) in [5, 5.41) is 13.8. The molecular formula is C52H99N2O6P. The second kappa shape index (κ2) is 43.7. The lowest BCUT2D eigenvalue weighted by Gasteiger charge is -2.29. The fourth-order valence-corrected chi connectivity index (χ4v) is 7.89. The highest BCUT2D eigenvalue weighted by atomic mass is 31.2. The Bertz CT molecular complexity index is 1130.